The van der Waals surface area contributed by atoms with Gasteiger partial charge in [-0.3, -0.25) is 18.2 Å². The lowest BCUT2D eigenvalue weighted by Crippen LogP contribution is -2.61. The van der Waals surface area contributed by atoms with Gasteiger partial charge in [0.25, 0.3) is 0 Å². The van der Waals surface area contributed by atoms with Crippen molar-refractivity contribution in [1.82, 2.24) is 0 Å². The monoisotopic (exact) mass is 1170 g/mol. The Hall–Kier alpha value is -0.900. The third-order valence-corrected chi connectivity index (χ3v) is 26.7. The molecule has 1 heterocycles. The fourth-order valence-corrected chi connectivity index (χ4v) is 24.1. The molecule has 0 bridgehead atoms. The molecule has 0 spiro atoms. The number of aliphatic hydroxyl groups excluding tert-OH is 2. The molecule has 9 aliphatic carbocycles. The Morgan fingerprint density at radius 1 is 0.494 bits per heavy atom. The molecule has 9 saturated carbocycles. The first kappa shape index (κ1) is 59.3. The van der Waals surface area contributed by atoms with Gasteiger partial charge in [-0.25, -0.2) is 16.7 Å². The molecule has 1 aliphatic heterocycles. The van der Waals surface area contributed by atoms with Crippen LogP contribution in [0.4, 0.5) is 0 Å². The molecule has 442 valence electrons. The lowest BCUT2D eigenvalue weighted by atomic mass is 9.43. The molecule has 1 saturated heterocycles. The number of allylic oxidation sites excluding steroid dienone is 2. The van der Waals surface area contributed by atoms with E-state index in [-0.39, 0.29) is 113 Å². The van der Waals surface area contributed by atoms with Gasteiger partial charge in [-0.1, -0.05) is 67.5 Å². The summed E-state index contributed by atoms with van der Waals surface area (Å²) in [5, 5.41) is 22.1. The predicted molar refractivity (Wildman–Crippen MR) is 280 cm³/mol. The molecule has 10 aliphatic rings. The summed E-state index contributed by atoms with van der Waals surface area (Å²) in [6.45, 7) is 20.4. The van der Waals surface area contributed by atoms with E-state index in [9.17, 15) is 62.1 Å². The molecule has 19 nitrogen and oxygen atoms in total. The van der Waals surface area contributed by atoms with Crippen molar-refractivity contribution in [2.24, 2.45) is 110 Å². The highest BCUT2D eigenvalue weighted by atomic mass is 32.3. The lowest BCUT2D eigenvalue weighted by molar-refractivity contribution is -0.188. The van der Waals surface area contributed by atoms with Crippen LogP contribution in [-0.4, -0.2) is 110 Å². The van der Waals surface area contributed by atoms with Crippen LogP contribution in [0.15, 0.2) is 12.2 Å². The minimum absolute atomic E-state index is 0.00339. The van der Waals surface area contributed by atoms with Crippen molar-refractivity contribution in [2.75, 3.05) is 0 Å². The Kier molecular flexibility index (Phi) is 15.1. The van der Waals surface area contributed by atoms with Crippen LogP contribution in [0.2, 0.25) is 0 Å². The maximum Gasteiger partial charge on any atom is 0.397 e. The first-order valence-electron chi connectivity index (χ1n) is 28.6. The maximum atomic E-state index is 12.4. The first-order chi connectivity index (χ1) is 35.3. The lowest BCUT2D eigenvalue weighted by Gasteiger charge is -2.63. The standard InChI is InChI=1S/C54H88O19S4/c1-28(32-12-14-34-30-20-45(70-74(57,58)59)40-22-42(55)47(72-76(63,64)65)25-52(40,7)36(30)16-18-50(32,34)5)10-11-38-39-24-44(69-54(39,9)27-49(38,3)4)29(2)33-13-15-35-31-21-46(71-75(60,61)62)41-23-43(56)48(73-77(66,67)68)26-53(41,8)37(31)17-19-51(33,35)6/h10-11,28-48,55-56H,12-27H2,1-9H3,(H,57,58,59)(H,60,61,62)(H,63,64,65)(H,66,67,68)/b11-10-/t28-,29+,30+,31+,32-,33-,34+,35+,36+,37+,38-,39+,40-,41-,42-,43+,44-,45+,46+,47+,48+,50-,51-,52-,53-,54-/m1/s1. The average Bonchev–Trinajstić information content (AvgIpc) is 4.16. The molecule has 0 aromatic carbocycles. The smallest absolute Gasteiger partial charge is 0.390 e. The summed E-state index contributed by atoms with van der Waals surface area (Å²) in [5.41, 5.74) is -2.01. The second kappa shape index (κ2) is 19.6. The highest BCUT2D eigenvalue weighted by Crippen LogP contribution is 2.72. The summed E-state index contributed by atoms with van der Waals surface area (Å²) in [6, 6.07) is 0. The summed E-state index contributed by atoms with van der Waals surface area (Å²) < 4.78 is 165. The van der Waals surface area contributed by atoms with Gasteiger partial charge in [-0.05, 0) is 220 Å². The van der Waals surface area contributed by atoms with Crippen LogP contribution >= 0.6 is 0 Å². The van der Waals surface area contributed by atoms with Crippen molar-refractivity contribution in [2.45, 2.75) is 213 Å². The van der Waals surface area contributed by atoms with Crippen molar-refractivity contribution in [3.05, 3.63) is 12.2 Å². The fourth-order valence-electron chi connectivity index (χ4n) is 22.0. The second-order valence-electron chi connectivity index (χ2n) is 28.8. The third kappa shape index (κ3) is 10.5. The Morgan fingerprint density at radius 3 is 1.34 bits per heavy atom. The molecule has 0 radical (unpaired) electrons. The number of fused-ring (bicyclic) bond motifs is 11. The van der Waals surface area contributed by atoms with Gasteiger partial charge in [0.1, 0.15) is 12.2 Å². The van der Waals surface area contributed by atoms with Crippen molar-refractivity contribution in [1.29, 1.82) is 0 Å². The maximum absolute atomic E-state index is 12.4. The van der Waals surface area contributed by atoms with Crippen LogP contribution < -0.4 is 0 Å². The number of aliphatic hydroxyl groups is 2. The van der Waals surface area contributed by atoms with Gasteiger partial charge in [0.15, 0.2) is 0 Å². The van der Waals surface area contributed by atoms with E-state index >= 15 is 0 Å². The van der Waals surface area contributed by atoms with Gasteiger partial charge in [-0.15, -0.1) is 0 Å². The molecular formula is C54H88O19S4. The molecule has 6 N–H and O–H groups in total. The highest BCUT2D eigenvalue weighted by molar-refractivity contribution is 7.81. The summed E-state index contributed by atoms with van der Waals surface area (Å²) in [4.78, 5) is 0. The second-order valence-corrected chi connectivity index (χ2v) is 33.0. The zero-order chi connectivity index (χ0) is 56.4. The third-order valence-electron chi connectivity index (χ3n) is 24.7. The molecule has 0 amide bonds. The Bertz CT molecular complexity index is 2760. The summed E-state index contributed by atoms with van der Waals surface area (Å²) >= 11 is 0. The highest BCUT2D eigenvalue weighted by Gasteiger charge is 2.68. The molecule has 0 unspecified atom stereocenters. The Morgan fingerprint density at radius 2 is 0.896 bits per heavy atom. The molecule has 23 heteroatoms. The van der Waals surface area contributed by atoms with Crippen LogP contribution in [-0.2, 0) is 63.1 Å². The molecule has 0 aromatic heterocycles. The zero-order valence-corrected chi connectivity index (χ0v) is 49.5. The van der Waals surface area contributed by atoms with E-state index in [1.807, 2.05) is 13.8 Å². The van der Waals surface area contributed by atoms with E-state index in [1.165, 1.54) is 0 Å². The zero-order valence-electron chi connectivity index (χ0n) is 46.2. The minimum Gasteiger partial charge on any atom is -0.390 e. The SMILES string of the molecule is C[C@@H]([C@H]1CC[C@H]2[C@@H]3C[C@H](OS(=O)(=O)O)[C@H]4C[C@H](O)[C@@H](OS(=O)(=O)O)C[C@]4(C)[C@H]3CC[C@]12C)[C@H]1C[C@H]2[C@@H](/C=C\[C@@H](C)[C@H]3CC[C@H]4[C@@H]5C[C@H](OS(=O)(=O)O)[C@H]6C[C@@H](O)[C@@H](OS(=O)(=O)O)C[C@]6(C)[C@H]5CC[C@]34C)C(C)(C)C[C@@]2(C)O1. The fraction of sp³-hybridized carbons (Fsp3) is 0.963. The van der Waals surface area contributed by atoms with Gasteiger partial charge < -0.3 is 14.9 Å². The van der Waals surface area contributed by atoms with Crippen molar-refractivity contribution < 1.29 is 83.6 Å². The van der Waals surface area contributed by atoms with Gasteiger partial charge in [-0.2, -0.15) is 33.7 Å². The van der Waals surface area contributed by atoms with Crippen molar-refractivity contribution in [3.63, 3.8) is 0 Å². The number of hydrogen-bond donors (Lipinski definition) is 6. The molecule has 10 fully saturated rings. The normalized spacial score (nSPS) is 51.4. The van der Waals surface area contributed by atoms with E-state index in [0.717, 1.165) is 64.2 Å². The van der Waals surface area contributed by atoms with Gasteiger partial charge in [0.2, 0.25) is 0 Å². The molecule has 26 atom stereocenters. The van der Waals surface area contributed by atoms with Crippen LogP contribution in [0, 0.1) is 110 Å². The molecular weight excluding hydrogens is 1080 g/mol. The average molecular weight is 1170 g/mol. The topological polar surface area (TPSA) is 304 Å². The molecule has 0 aromatic rings. The van der Waals surface area contributed by atoms with E-state index in [0.29, 0.717) is 24.7 Å². The number of ether oxygens (including phenoxy) is 1. The van der Waals surface area contributed by atoms with E-state index in [2.05, 4.69) is 60.6 Å². The van der Waals surface area contributed by atoms with Crippen LogP contribution in [0.5, 0.6) is 0 Å². The van der Waals surface area contributed by atoms with Gasteiger partial charge in [0, 0.05) is 0 Å². The number of hydrogen-bond acceptors (Lipinski definition) is 15. The van der Waals surface area contributed by atoms with Gasteiger partial charge in [0.05, 0.1) is 36.1 Å². The minimum atomic E-state index is -4.89. The van der Waals surface area contributed by atoms with Crippen molar-refractivity contribution >= 4 is 41.6 Å². The summed E-state index contributed by atoms with van der Waals surface area (Å²) in [7, 11) is -19.5. The predicted octanol–water partition coefficient (Wildman–Crippen LogP) is 8.26. The van der Waals surface area contributed by atoms with Crippen LogP contribution in [0.1, 0.15) is 165 Å². The van der Waals surface area contributed by atoms with Crippen LogP contribution in [0.25, 0.3) is 0 Å². The Balaban J connectivity index is 0.839. The summed E-state index contributed by atoms with van der Waals surface area (Å²) in [5.74, 6) is 1.08. The Labute approximate surface area is 458 Å². The van der Waals surface area contributed by atoms with E-state index < -0.39 is 101 Å². The number of rotatable bonds is 13. The van der Waals surface area contributed by atoms with Crippen molar-refractivity contribution in [3.8, 4) is 0 Å². The quantitative estimate of drug-likeness (QED) is 0.0747. The van der Waals surface area contributed by atoms with E-state index in [1.54, 1.807) is 0 Å². The largest absolute Gasteiger partial charge is 0.397 e. The van der Waals surface area contributed by atoms with Crippen LogP contribution in [0.3, 0.4) is 0 Å². The first-order valence-corrected chi connectivity index (χ1v) is 34.1. The molecule has 10 rings (SSSR count). The van der Waals surface area contributed by atoms with E-state index in [4.69, 9.17) is 21.5 Å². The summed E-state index contributed by atoms with van der Waals surface area (Å²) in [6.07, 6.45) is 8.02. The molecule has 77 heavy (non-hydrogen) atoms. The van der Waals surface area contributed by atoms with Gasteiger partial charge >= 0.3 is 41.6 Å².